The van der Waals surface area contributed by atoms with Gasteiger partial charge in [-0.1, -0.05) is 202 Å². The molecular weight excluding hydrogens is 885 g/mol. The molecule has 7 nitrogen and oxygen atoms in total. The van der Waals surface area contributed by atoms with E-state index < -0.39 is 8.32 Å². The zero-order valence-corrected chi connectivity index (χ0v) is 43.2. The Kier molecular flexibility index (Phi) is 21.6. The van der Waals surface area contributed by atoms with Crippen LogP contribution in [0.4, 0.5) is 0 Å². The van der Waals surface area contributed by atoms with Crippen LogP contribution in [0.25, 0.3) is 0 Å². The fraction of sp³-hybridized carbons (Fsp3) is 0.339. The predicted octanol–water partition coefficient (Wildman–Crippen LogP) is 13.0. The molecule has 0 unspecified atom stereocenters. The molecule has 0 amide bonds. The van der Waals surface area contributed by atoms with Crippen LogP contribution < -0.4 is 15.1 Å². The fourth-order valence-electron chi connectivity index (χ4n) is 9.01. The van der Waals surface area contributed by atoms with E-state index in [0.717, 1.165) is 39.9 Å². The summed E-state index contributed by atoms with van der Waals surface area (Å²) in [6.07, 6.45) is 8.88. The average Bonchev–Trinajstić information content (AvgIpc) is 3.38. The number of carbonyl (C=O) groups excluding carboxylic acids is 1. The highest BCUT2D eigenvalue weighted by molar-refractivity contribution is 6.99. The van der Waals surface area contributed by atoms with Crippen LogP contribution in [-0.2, 0) is 54.6 Å². The third-order valence-electron chi connectivity index (χ3n) is 12.7. The van der Waals surface area contributed by atoms with E-state index >= 15 is 0 Å². The quantitative estimate of drug-likeness (QED) is 0.0201. The SMILES string of the molecule is COc1ccc(CO[C@H](/C=C/C[C@@H](C[C@H](C[C@@H](C)OCc2ccccc2)O[Si](c2ccccc2)(c2ccccc2)C(C)(C)C)OCc2ccccc2)C[C@H](C/C(C)=C/C=O)OCc2ccccc2)cc1. The molecule has 0 aliphatic heterocycles. The maximum Gasteiger partial charge on any atom is 0.261 e. The molecule has 0 aliphatic rings. The third kappa shape index (κ3) is 17.0. The third-order valence-corrected chi connectivity index (χ3v) is 17.8. The van der Waals surface area contributed by atoms with Crippen LogP contribution >= 0.6 is 0 Å². The Morgan fingerprint density at radius 1 is 0.543 bits per heavy atom. The number of allylic oxidation sites excluding steroid dienone is 1. The van der Waals surface area contributed by atoms with Crippen molar-refractivity contribution in [3.63, 3.8) is 0 Å². The second-order valence-corrected chi connectivity index (χ2v) is 23.5. The van der Waals surface area contributed by atoms with E-state index in [-0.39, 0.29) is 35.6 Å². The van der Waals surface area contributed by atoms with Crippen molar-refractivity contribution in [2.75, 3.05) is 7.11 Å². The van der Waals surface area contributed by atoms with Crippen LogP contribution in [0.1, 0.15) is 89.0 Å². The van der Waals surface area contributed by atoms with Crippen molar-refractivity contribution in [2.45, 2.75) is 129 Å². The normalized spacial score (nSPS) is 14.5. The Bertz CT molecular complexity index is 2380. The smallest absolute Gasteiger partial charge is 0.261 e. The standard InChI is InChI=1S/C62H74O7Si/c1-49(39-40-63)41-58(68-47-53-27-16-9-17-28-53)43-56(67-48-54-35-37-55(64-6)38-36-54)29-22-30-57(66-46-52-25-14-8-15-26-52)44-59(42-50(2)65-45-51-23-12-7-13-24-51)69-70(62(3,4)5,60-31-18-10-19-32-60)61-33-20-11-21-34-61/h7-29,31-40,50,56-59H,30,41-48H2,1-6H3/b29-22+,49-39+/t50-,56-,57+,58+,59+/m1/s1. The van der Waals surface area contributed by atoms with Crippen LogP contribution in [0.5, 0.6) is 5.75 Å². The molecule has 0 fully saturated rings. The fourth-order valence-corrected chi connectivity index (χ4v) is 13.7. The zero-order chi connectivity index (χ0) is 49.4. The van der Waals surface area contributed by atoms with Crippen LogP contribution in [-0.4, -0.2) is 52.2 Å². The molecule has 8 heteroatoms. The summed E-state index contributed by atoms with van der Waals surface area (Å²) in [5, 5.41) is 2.24. The molecule has 6 aromatic carbocycles. The Morgan fingerprint density at radius 2 is 1.00 bits per heavy atom. The molecule has 0 heterocycles. The first-order chi connectivity index (χ1) is 34.0. The summed E-state index contributed by atoms with van der Waals surface area (Å²) in [7, 11) is -1.32. The zero-order valence-electron chi connectivity index (χ0n) is 42.2. The van der Waals surface area contributed by atoms with Crippen molar-refractivity contribution in [1.29, 1.82) is 0 Å². The topological polar surface area (TPSA) is 72.5 Å². The average molecular weight is 959 g/mol. The van der Waals surface area contributed by atoms with Gasteiger partial charge in [0.2, 0.25) is 0 Å². The Hall–Kier alpha value is -5.71. The minimum absolute atomic E-state index is 0.103. The largest absolute Gasteiger partial charge is 0.497 e. The number of benzene rings is 6. The number of hydrogen-bond donors (Lipinski definition) is 0. The highest BCUT2D eigenvalue weighted by Gasteiger charge is 2.51. The lowest BCUT2D eigenvalue weighted by Crippen LogP contribution is -2.68. The molecule has 0 saturated carbocycles. The molecule has 0 radical (unpaired) electrons. The molecule has 0 spiro atoms. The van der Waals surface area contributed by atoms with E-state index in [1.54, 1.807) is 13.2 Å². The molecule has 368 valence electrons. The van der Waals surface area contributed by atoms with E-state index in [1.807, 2.05) is 61.5 Å². The highest BCUT2D eigenvalue weighted by atomic mass is 28.4. The maximum absolute atomic E-state index is 11.6. The van der Waals surface area contributed by atoms with E-state index in [2.05, 4.69) is 161 Å². The van der Waals surface area contributed by atoms with Crippen molar-refractivity contribution in [2.24, 2.45) is 0 Å². The lowest BCUT2D eigenvalue weighted by Gasteiger charge is -2.46. The van der Waals surface area contributed by atoms with Gasteiger partial charge in [0.05, 0.1) is 64.1 Å². The van der Waals surface area contributed by atoms with Crippen molar-refractivity contribution in [1.82, 2.24) is 0 Å². The second-order valence-electron chi connectivity index (χ2n) is 19.3. The number of carbonyl (C=O) groups is 1. The summed E-state index contributed by atoms with van der Waals surface area (Å²) in [5.74, 6) is 0.794. The van der Waals surface area contributed by atoms with Crippen LogP contribution in [0.2, 0.25) is 5.04 Å². The van der Waals surface area contributed by atoms with Gasteiger partial charge in [0.15, 0.2) is 0 Å². The number of hydrogen-bond acceptors (Lipinski definition) is 7. The van der Waals surface area contributed by atoms with Gasteiger partial charge in [-0.2, -0.15) is 0 Å². The van der Waals surface area contributed by atoms with Crippen molar-refractivity contribution >= 4 is 25.0 Å². The van der Waals surface area contributed by atoms with E-state index in [1.165, 1.54) is 10.4 Å². The van der Waals surface area contributed by atoms with Gasteiger partial charge in [-0.25, -0.2) is 0 Å². The van der Waals surface area contributed by atoms with Crippen molar-refractivity contribution in [3.8, 4) is 5.75 Å². The molecule has 6 rings (SSSR count). The lowest BCUT2D eigenvalue weighted by atomic mass is 10.0. The minimum atomic E-state index is -2.99. The summed E-state index contributed by atoms with van der Waals surface area (Å²) in [6, 6.07) is 60.6. The van der Waals surface area contributed by atoms with Gasteiger partial charge in [-0.05, 0) is 95.4 Å². The minimum Gasteiger partial charge on any atom is -0.497 e. The number of aldehydes is 1. The molecule has 6 aromatic rings. The monoisotopic (exact) mass is 959 g/mol. The Balaban J connectivity index is 1.33. The molecule has 0 bridgehead atoms. The summed E-state index contributed by atoms with van der Waals surface area (Å²) < 4.78 is 40.4. The van der Waals surface area contributed by atoms with Gasteiger partial charge in [-0.15, -0.1) is 0 Å². The van der Waals surface area contributed by atoms with Crippen LogP contribution in [0, 0.1) is 0 Å². The molecule has 0 aliphatic carbocycles. The van der Waals surface area contributed by atoms with Gasteiger partial charge < -0.3 is 28.1 Å². The van der Waals surface area contributed by atoms with E-state index in [9.17, 15) is 4.79 Å². The maximum atomic E-state index is 11.6. The molecule has 5 atom stereocenters. The predicted molar refractivity (Wildman–Crippen MR) is 287 cm³/mol. The molecule has 0 N–H and O–H groups in total. The van der Waals surface area contributed by atoms with Crippen LogP contribution in [0.3, 0.4) is 0 Å². The first-order valence-corrected chi connectivity index (χ1v) is 26.7. The van der Waals surface area contributed by atoms with Gasteiger partial charge in [-0.3, -0.25) is 4.79 Å². The summed E-state index contributed by atoms with van der Waals surface area (Å²) >= 11 is 0. The van der Waals surface area contributed by atoms with Gasteiger partial charge in [0, 0.05) is 6.42 Å². The van der Waals surface area contributed by atoms with Crippen LogP contribution in [0.15, 0.2) is 200 Å². The Labute approximate surface area is 419 Å². The second kappa shape index (κ2) is 28.2. The first-order valence-electron chi connectivity index (χ1n) is 24.8. The summed E-state index contributed by atoms with van der Waals surface area (Å²) in [4.78, 5) is 11.6. The van der Waals surface area contributed by atoms with Gasteiger partial charge in [0.25, 0.3) is 8.32 Å². The Morgan fingerprint density at radius 3 is 1.49 bits per heavy atom. The number of rotatable bonds is 29. The highest BCUT2D eigenvalue weighted by Crippen LogP contribution is 2.39. The lowest BCUT2D eigenvalue weighted by molar-refractivity contribution is -0.104. The van der Waals surface area contributed by atoms with Gasteiger partial charge >= 0.3 is 0 Å². The number of methoxy groups -OCH3 is 1. The molecular formula is C62H74O7Si. The molecule has 70 heavy (non-hydrogen) atoms. The summed E-state index contributed by atoms with van der Waals surface area (Å²) in [6.45, 7) is 13.0. The summed E-state index contributed by atoms with van der Waals surface area (Å²) in [5.41, 5.74) is 5.32. The van der Waals surface area contributed by atoms with E-state index in [4.69, 9.17) is 28.1 Å². The van der Waals surface area contributed by atoms with Crippen molar-refractivity contribution < 1.29 is 32.9 Å². The molecule has 0 aromatic heterocycles. The first kappa shape index (κ1) is 53.6. The van der Waals surface area contributed by atoms with E-state index in [0.29, 0.717) is 58.5 Å². The number of ether oxygens (including phenoxy) is 5. The van der Waals surface area contributed by atoms with Crippen molar-refractivity contribution in [3.05, 3.63) is 222 Å². The molecule has 0 saturated heterocycles. The van der Waals surface area contributed by atoms with Gasteiger partial charge in [0.1, 0.15) is 12.0 Å².